The SMILES string of the molecule is O=C(O)[C@H]1C[C@@H]1c1ccn[nH]1. The molecular weight excluding hydrogens is 144 g/mol. The first-order valence-electron chi connectivity index (χ1n) is 3.51. The molecular formula is C7H8N2O2. The first-order valence-corrected chi connectivity index (χ1v) is 3.51. The molecule has 0 radical (unpaired) electrons. The summed E-state index contributed by atoms with van der Waals surface area (Å²) in [5.74, 6) is -0.713. The highest BCUT2D eigenvalue weighted by atomic mass is 16.4. The lowest BCUT2D eigenvalue weighted by Gasteiger charge is -1.89. The monoisotopic (exact) mass is 152 g/mol. The zero-order valence-corrected chi connectivity index (χ0v) is 5.82. The number of aromatic amines is 1. The molecule has 0 spiro atoms. The van der Waals surface area contributed by atoms with Gasteiger partial charge in [0, 0.05) is 17.8 Å². The van der Waals surface area contributed by atoms with Crippen molar-refractivity contribution in [2.45, 2.75) is 12.3 Å². The van der Waals surface area contributed by atoms with E-state index in [9.17, 15) is 4.79 Å². The van der Waals surface area contributed by atoms with Gasteiger partial charge in [-0.15, -0.1) is 0 Å². The molecule has 1 aromatic heterocycles. The number of carboxylic acids is 1. The number of H-pyrrole nitrogens is 1. The molecule has 1 heterocycles. The van der Waals surface area contributed by atoms with Crippen LogP contribution in [-0.2, 0) is 4.79 Å². The highest BCUT2D eigenvalue weighted by Gasteiger charge is 2.44. The third kappa shape index (κ3) is 1.00. The van der Waals surface area contributed by atoms with Crippen LogP contribution in [0.15, 0.2) is 12.3 Å². The summed E-state index contributed by atoms with van der Waals surface area (Å²) in [5, 5.41) is 15.1. The van der Waals surface area contributed by atoms with Crippen LogP contribution >= 0.6 is 0 Å². The Morgan fingerprint density at radius 3 is 3.09 bits per heavy atom. The maximum absolute atomic E-state index is 10.4. The summed E-state index contributed by atoms with van der Waals surface area (Å²) >= 11 is 0. The maximum atomic E-state index is 10.4. The van der Waals surface area contributed by atoms with E-state index < -0.39 is 5.97 Å². The van der Waals surface area contributed by atoms with E-state index in [-0.39, 0.29) is 11.8 Å². The minimum absolute atomic E-state index is 0.176. The van der Waals surface area contributed by atoms with Gasteiger partial charge in [-0.3, -0.25) is 9.89 Å². The second-order valence-electron chi connectivity index (χ2n) is 2.80. The van der Waals surface area contributed by atoms with Crippen molar-refractivity contribution in [3.05, 3.63) is 18.0 Å². The number of hydrogen-bond donors (Lipinski definition) is 2. The molecule has 0 aromatic carbocycles. The number of hydrogen-bond acceptors (Lipinski definition) is 2. The Labute approximate surface area is 63.2 Å². The van der Waals surface area contributed by atoms with Crippen LogP contribution in [0.3, 0.4) is 0 Å². The normalized spacial score (nSPS) is 28.4. The molecule has 1 saturated carbocycles. The average molecular weight is 152 g/mol. The number of nitrogens with zero attached hydrogens (tertiary/aromatic N) is 1. The zero-order chi connectivity index (χ0) is 7.84. The molecule has 4 heteroatoms. The van der Waals surface area contributed by atoms with E-state index in [1.165, 1.54) is 0 Å². The van der Waals surface area contributed by atoms with Crippen LogP contribution in [0.1, 0.15) is 18.0 Å². The molecule has 1 aliphatic rings. The van der Waals surface area contributed by atoms with Crippen LogP contribution in [-0.4, -0.2) is 21.3 Å². The molecule has 0 saturated heterocycles. The molecule has 58 valence electrons. The standard InChI is InChI=1S/C7H8N2O2/c10-7(11)5-3-4(5)6-1-2-8-9-6/h1-2,4-5H,3H2,(H,8,9)(H,10,11)/t4-,5-/m0/s1. The van der Waals surface area contributed by atoms with Crippen molar-refractivity contribution in [1.82, 2.24) is 10.2 Å². The Bertz CT molecular complexity index is 268. The van der Waals surface area contributed by atoms with Gasteiger partial charge in [0.15, 0.2) is 0 Å². The van der Waals surface area contributed by atoms with Crippen molar-refractivity contribution in [2.24, 2.45) is 5.92 Å². The number of carbonyl (C=O) groups is 1. The molecule has 0 amide bonds. The molecule has 0 unspecified atom stereocenters. The number of rotatable bonds is 2. The molecule has 1 fully saturated rings. The molecule has 2 rings (SSSR count). The fraction of sp³-hybridized carbons (Fsp3) is 0.429. The van der Waals surface area contributed by atoms with E-state index in [4.69, 9.17) is 5.11 Å². The topological polar surface area (TPSA) is 66.0 Å². The fourth-order valence-corrected chi connectivity index (χ4v) is 1.28. The summed E-state index contributed by atoms with van der Waals surface area (Å²) in [5.41, 5.74) is 0.942. The molecule has 1 aromatic rings. The molecule has 4 nitrogen and oxygen atoms in total. The predicted molar refractivity (Wildman–Crippen MR) is 37.1 cm³/mol. The van der Waals surface area contributed by atoms with Crippen molar-refractivity contribution >= 4 is 5.97 Å². The van der Waals surface area contributed by atoms with Gasteiger partial charge in [0.1, 0.15) is 0 Å². The second-order valence-corrected chi connectivity index (χ2v) is 2.80. The predicted octanol–water partition coefficient (Wildman–Crippen LogP) is 0.598. The first kappa shape index (κ1) is 6.39. The highest BCUT2D eigenvalue weighted by molar-refractivity contribution is 5.74. The van der Waals surface area contributed by atoms with E-state index in [1.54, 1.807) is 6.20 Å². The van der Waals surface area contributed by atoms with Crippen LogP contribution in [0.2, 0.25) is 0 Å². The van der Waals surface area contributed by atoms with Crippen LogP contribution in [0.5, 0.6) is 0 Å². The number of aliphatic carboxylic acids is 1. The number of aromatic nitrogens is 2. The summed E-state index contributed by atoms with van der Waals surface area (Å²) in [6.45, 7) is 0. The van der Waals surface area contributed by atoms with E-state index in [0.717, 1.165) is 12.1 Å². The lowest BCUT2D eigenvalue weighted by molar-refractivity contribution is -0.138. The van der Waals surface area contributed by atoms with Gasteiger partial charge in [-0.05, 0) is 12.5 Å². The van der Waals surface area contributed by atoms with Crippen LogP contribution in [0.4, 0.5) is 0 Å². The molecule has 2 N–H and O–H groups in total. The molecule has 0 aliphatic heterocycles. The van der Waals surface area contributed by atoms with Gasteiger partial charge >= 0.3 is 5.97 Å². The van der Waals surface area contributed by atoms with E-state index in [0.29, 0.717) is 0 Å². The fourth-order valence-electron chi connectivity index (χ4n) is 1.28. The average Bonchev–Trinajstić information content (AvgIpc) is 2.60. The van der Waals surface area contributed by atoms with Crippen molar-refractivity contribution in [3.8, 4) is 0 Å². The number of nitrogens with one attached hydrogen (secondary N) is 1. The second kappa shape index (κ2) is 2.08. The molecule has 1 aliphatic carbocycles. The third-order valence-electron chi connectivity index (χ3n) is 2.03. The van der Waals surface area contributed by atoms with E-state index in [1.807, 2.05) is 6.07 Å². The largest absolute Gasteiger partial charge is 0.481 e. The Hall–Kier alpha value is -1.32. The Morgan fingerprint density at radius 1 is 1.82 bits per heavy atom. The maximum Gasteiger partial charge on any atom is 0.307 e. The minimum atomic E-state index is -0.704. The summed E-state index contributed by atoms with van der Waals surface area (Å²) in [4.78, 5) is 10.4. The van der Waals surface area contributed by atoms with Gasteiger partial charge in [-0.2, -0.15) is 5.10 Å². The lowest BCUT2D eigenvalue weighted by Crippen LogP contribution is -1.98. The lowest BCUT2D eigenvalue weighted by atomic mass is 10.2. The van der Waals surface area contributed by atoms with Gasteiger partial charge in [0.05, 0.1) is 5.92 Å². The summed E-state index contributed by atoms with van der Waals surface area (Å²) in [6, 6.07) is 1.83. The van der Waals surface area contributed by atoms with Gasteiger partial charge in [-0.1, -0.05) is 0 Å². The summed E-state index contributed by atoms with van der Waals surface area (Å²) in [7, 11) is 0. The van der Waals surface area contributed by atoms with Crippen LogP contribution in [0.25, 0.3) is 0 Å². The minimum Gasteiger partial charge on any atom is -0.481 e. The van der Waals surface area contributed by atoms with Crippen molar-refractivity contribution in [2.75, 3.05) is 0 Å². The molecule has 0 bridgehead atoms. The van der Waals surface area contributed by atoms with Crippen molar-refractivity contribution in [1.29, 1.82) is 0 Å². The van der Waals surface area contributed by atoms with Crippen molar-refractivity contribution in [3.63, 3.8) is 0 Å². The highest BCUT2D eigenvalue weighted by Crippen LogP contribution is 2.46. The van der Waals surface area contributed by atoms with Gasteiger partial charge in [-0.25, -0.2) is 0 Å². The van der Waals surface area contributed by atoms with Gasteiger partial charge < -0.3 is 5.11 Å². The Kier molecular flexibility index (Phi) is 1.21. The zero-order valence-electron chi connectivity index (χ0n) is 5.82. The third-order valence-corrected chi connectivity index (χ3v) is 2.03. The quantitative estimate of drug-likeness (QED) is 0.652. The molecule has 11 heavy (non-hydrogen) atoms. The van der Waals surface area contributed by atoms with Gasteiger partial charge in [0.25, 0.3) is 0 Å². The Balaban J connectivity index is 2.08. The van der Waals surface area contributed by atoms with Gasteiger partial charge in [0.2, 0.25) is 0 Å². The summed E-state index contributed by atoms with van der Waals surface area (Å²) in [6.07, 6.45) is 2.39. The number of carboxylic acid groups (broad SMARTS) is 1. The van der Waals surface area contributed by atoms with Crippen LogP contribution in [0, 0.1) is 5.92 Å². The van der Waals surface area contributed by atoms with Crippen LogP contribution < -0.4 is 0 Å². The Morgan fingerprint density at radius 2 is 2.64 bits per heavy atom. The molecule has 2 atom stereocenters. The van der Waals surface area contributed by atoms with E-state index >= 15 is 0 Å². The summed E-state index contributed by atoms with van der Waals surface area (Å²) < 4.78 is 0. The van der Waals surface area contributed by atoms with E-state index in [2.05, 4.69) is 10.2 Å². The van der Waals surface area contributed by atoms with Crippen molar-refractivity contribution < 1.29 is 9.90 Å². The smallest absolute Gasteiger partial charge is 0.307 e. The first-order chi connectivity index (χ1) is 5.29.